The summed E-state index contributed by atoms with van der Waals surface area (Å²) in [5.74, 6) is -0.547. The van der Waals surface area contributed by atoms with Crippen molar-refractivity contribution in [3.63, 3.8) is 0 Å². The van der Waals surface area contributed by atoms with Gasteiger partial charge >= 0.3 is 10.5 Å². The van der Waals surface area contributed by atoms with Crippen LogP contribution in [0.3, 0.4) is 0 Å². The van der Waals surface area contributed by atoms with Gasteiger partial charge in [-0.05, 0) is 19.1 Å². The van der Waals surface area contributed by atoms with E-state index < -0.39 is 16.4 Å². The van der Waals surface area contributed by atoms with E-state index in [1.165, 1.54) is 0 Å². The fourth-order valence-electron chi connectivity index (χ4n) is 0.848. The molecule has 0 aliphatic rings. The molecule has 1 amide bonds. The van der Waals surface area contributed by atoms with Gasteiger partial charge in [0.25, 0.3) is 5.91 Å². The monoisotopic (exact) mass is 212 g/mol. The molecule has 0 aliphatic heterocycles. The third kappa shape index (κ3) is 2.98. The van der Waals surface area contributed by atoms with Crippen LogP contribution in [-0.4, -0.2) is 14.3 Å². The van der Waals surface area contributed by atoms with Crippen LogP contribution < -0.4 is 5.43 Å². The third-order valence-corrected chi connectivity index (χ3v) is 1.78. The Kier molecular flexibility index (Phi) is 3.35. The van der Waals surface area contributed by atoms with Crippen LogP contribution in [0, 0.1) is 6.92 Å². The Hall–Kier alpha value is -1.69. The fraction of sp³-hybridized carbons (Fsp3) is 0.125. The zero-order valence-corrected chi connectivity index (χ0v) is 8.21. The summed E-state index contributed by atoms with van der Waals surface area (Å²) < 4.78 is 22.9. The van der Waals surface area contributed by atoms with E-state index in [1.54, 1.807) is 24.3 Å². The molecular weight excluding hydrogens is 204 g/mol. The molecule has 74 valence electrons. The largest absolute Gasteiger partial charge is 0.332 e. The van der Waals surface area contributed by atoms with Crippen LogP contribution in [0.5, 0.6) is 0 Å². The molecule has 0 bridgehead atoms. The molecule has 0 heterocycles. The van der Waals surface area contributed by atoms with Crippen LogP contribution in [0.1, 0.15) is 15.9 Å². The summed E-state index contributed by atoms with van der Waals surface area (Å²) in [5, 5.41) is 0. The van der Waals surface area contributed by atoms with Crippen molar-refractivity contribution < 1.29 is 13.2 Å². The lowest BCUT2D eigenvalue weighted by molar-refractivity contribution is 0.0955. The smallest absolute Gasteiger partial charge is 0.267 e. The van der Waals surface area contributed by atoms with Crippen molar-refractivity contribution in [2.24, 2.45) is 4.47 Å². The van der Waals surface area contributed by atoms with Gasteiger partial charge in [-0.1, -0.05) is 22.2 Å². The van der Waals surface area contributed by atoms with Gasteiger partial charge in [0.05, 0.1) is 0 Å². The molecule has 1 rings (SSSR count). The van der Waals surface area contributed by atoms with Gasteiger partial charge in [0.15, 0.2) is 0 Å². The lowest BCUT2D eigenvalue weighted by Gasteiger charge is -1.97. The maximum absolute atomic E-state index is 11.2. The second-order valence-electron chi connectivity index (χ2n) is 2.62. The molecule has 0 spiro atoms. The SMILES string of the molecule is Cc1ccc(C(=O)NN=S(=O)=O)cc1. The maximum Gasteiger partial charge on any atom is 0.332 e. The highest BCUT2D eigenvalue weighted by Gasteiger charge is 2.02. The van der Waals surface area contributed by atoms with E-state index in [9.17, 15) is 13.2 Å². The molecule has 0 fully saturated rings. The zero-order valence-electron chi connectivity index (χ0n) is 7.39. The Morgan fingerprint density at radius 1 is 1.29 bits per heavy atom. The minimum atomic E-state index is -2.62. The number of amides is 1. The second kappa shape index (κ2) is 4.52. The summed E-state index contributed by atoms with van der Waals surface area (Å²) >= 11 is 0. The molecule has 6 heteroatoms. The first-order valence-corrected chi connectivity index (χ1v) is 4.80. The van der Waals surface area contributed by atoms with E-state index in [0.29, 0.717) is 5.56 Å². The Labute approximate surface area is 82.4 Å². The van der Waals surface area contributed by atoms with Gasteiger partial charge in [-0.2, -0.15) is 8.42 Å². The molecule has 1 aromatic rings. The van der Waals surface area contributed by atoms with E-state index >= 15 is 0 Å². The van der Waals surface area contributed by atoms with E-state index in [0.717, 1.165) is 5.56 Å². The van der Waals surface area contributed by atoms with Crippen molar-refractivity contribution in [1.29, 1.82) is 0 Å². The van der Waals surface area contributed by atoms with E-state index in [2.05, 4.69) is 4.47 Å². The van der Waals surface area contributed by atoms with Gasteiger partial charge in [0, 0.05) is 5.56 Å². The maximum atomic E-state index is 11.2. The van der Waals surface area contributed by atoms with Crippen molar-refractivity contribution in [2.75, 3.05) is 0 Å². The topological polar surface area (TPSA) is 75.6 Å². The highest BCUT2D eigenvalue weighted by molar-refractivity contribution is 7.61. The molecule has 0 radical (unpaired) electrons. The second-order valence-corrected chi connectivity index (χ2v) is 3.23. The minimum Gasteiger partial charge on any atom is -0.267 e. The molecule has 0 aliphatic carbocycles. The average molecular weight is 212 g/mol. The molecule has 1 aromatic carbocycles. The first-order chi connectivity index (χ1) is 6.59. The van der Waals surface area contributed by atoms with Crippen LogP contribution in [-0.2, 0) is 10.5 Å². The summed E-state index contributed by atoms with van der Waals surface area (Å²) in [6.45, 7) is 1.89. The van der Waals surface area contributed by atoms with Gasteiger partial charge < -0.3 is 0 Å². The van der Waals surface area contributed by atoms with E-state index in [4.69, 9.17) is 0 Å². The van der Waals surface area contributed by atoms with Crippen molar-refractivity contribution in [3.8, 4) is 0 Å². The summed E-state index contributed by atoms with van der Waals surface area (Å²) in [4.78, 5) is 11.2. The number of hydrogen-bond acceptors (Lipinski definition) is 4. The lowest BCUT2D eigenvalue weighted by Crippen LogP contribution is -2.16. The average Bonchev–Trinajstić information content (AvgIpc) is 2.15. The van der Waals surface area contributed by atoms with Crippen molar-refractivity contribution in [1.82, 2.24) is 5.43 Å². The predicted molar refractivity (Wildman–Crippen MR) is 50.0 cm³/mol. The standard InChI is InChI=1S/C8H8N2O3S/c1-6-2-4-7(5-3-6)8(11)9-10-14(12)13/h2-5H,1H3,(H,9,11). The Morgan fingerprint density at radius 2 is 1.86 bits per heavy atom. The molecule has 0 saturated carbocycles. The third-order valence-electron chi connectivity index (χ3n) is 1.54. The van der Waals surface area contributed by atoms with Crippen LogP contribution in [0.2, 0.25) is 0 Å². The number of aryl methyl sites for hydroxylation is 1. The van der Waals surface area contributed by atoms with E-state index in [-0.39, 0.29) is 0 Å². The van der Waals surface area contributed by atoms with Crippen LogP contribution in [0.25, 0.3) is 0 Å². The van der Waals surface area contributed by atoms with Crippen molar-refractivity contribution >= 4 is 16.4 Å². The lowest BCUT2D eigenvalue weighted by atomic mass is 10.1. The molecular formula is C8H8N2O3S. The number of carbonyl (C=O) groups excluding carboxylic acids is 1. The fourth-order valence-corrected chi connectivity index (χ4v) is 1.01. The quantitative estimate of drug-likeness (QED) is 0.733. The summed E-state index contributed by atoms with van der Waals surface area (Å²) in [5.41, 5.74) is 3.28. The Bertz CT molecular complexity index is 454. The number of nitrogens with one attached hydrogen (secondary N) is 1. The highest BCUT2D eigenvalue weighted by Crippen LogP contribution is 2.02. The molecule has 0 saturated heterocycles. The highest BCUT2D eigenvalue weighted by atomic mass is 32.2. The van der Waals surface area contributed by atoms with Crippen molar-refractivity contribution in [3.05, 3.63) is 35.4 Å². The summed E-state index contributed by atoms with van der Waals surface area (Å²) in [6, 6.07) is 6.69. The van der Waals surface area contributed by atoms with Gasteiger partial charge in [0.2, 0.25) is 0 Å². The molecule has 0 unspecified atom stereocenters. The summed E-state index contributed by atoms with van der Waals surface area (Å²) in [7, 11) is -2.62. The molecule has 0 aromatic heterocycles. The van der Waals surface area contributed by atoms with Gasteiger partial charge in [-0.15, -0.1) is 0 Å². The first kappa shape index (κ1) is 10.4. The molecule has 5 nitrogen and oxygen atoms in total. The zero-order chi connectivity index (χ0) is 10.6. The predicted octanol–water partition coefficient (Wildman–Crippen LogP) is 0.703. The number of benzene rings is 1. The number of hydrogen-bond donors (Lipinski definition) is 1. The van der Waals surface area contributed by atoms with Crippen LogP contribution in [0.15, 0.2) is 28.7 Å². The van der Waals surface area contributed by atoms with Crippen LogP contribution in [0.4, 0.5) is 0 Å². The Balaban J connectivity index is 2.80. The summed E-state index contributed by atoms with van der Waals surface area (Å²) in [6.07, 6.45) is 0. The van der Waals surface area contributed by atoms with Gasteiger partial charge in [-0.3, -0.25) is 4.79 Å². The van der Waals surface area contributed by atoms with Gasteiger partial charge in [-0.25, -0.2) is 5.43 Å². The number of nitrogens with zero attached hydrogens (tertiary/aromatic N) is 1. The first-order valence-electron chi connectivity index (χ1n) is 3.77. The molecule has 14 heavy (non-hydrogen) atoms. The molecule has 1 N–H and O–H groups in total. The Morgan fingerprint density at radius 3 is 2.36 bits per heavy atom. The minimum absolute atomic E-state index is 0.366. The van der Waals surface area contributed by atoms with E-state index in [1.807, 2.05) is 12.3 Å². The van der Waals surface area contributed by atoms with Crippen molar-refractivity contribution in [2.45, 2.75) is 6.92 Å². The molecule has 0 atom stereocenters. The van der Waals surface area contributed by atoms with Crippen LogP contribution >= 0.6 is 0 Å². The number of rotatable bonds is 2. The normalized spacial score (nSPS) is 9.21. The number of carbonyl (C=O) groups is 1. The van der Waals surface area contributed by atoms with Gasteiger partial charge in [0.1, 0.15) is 0 Å².